The van der Waals surface area contributed by atoms with Crippen LogP contribution >= 0.6 is 11.3 Å². The minimum Gasteiger partial charge on any atom is -0.493 e. The van der Waals surface area contributed by atoms with Gasteiger partial charge in [0.2, 0.25) is 0 Å². The van der Waals surface area contributed by atoms with Crippen LogP contribution in [0.25, 0.3) is 11.0 Å². The summed E-state index contributed by atoms with van der Waals surface area (Å²) in [6.07, 6.45) is 4.69. The number of methoxy groups -OCH3 is 1. The van der Waals surface area contributed by atoms with E-state index in [1.54, 1.807) is 24.5 Å². The number of para-hydroxylation sites is 1. The zero-order valence-electron chi connectivity index (χ0n) is 14.2. The highest BCUT2D eigenvalue weighted by atomic mass is 32.1. The van der Waals surface area contributed by atoms with Crippen LogP contribution in [0.5, 0.6) is 5.75 Å². The predicted octanol–water partition coefficient (Wildman–Crippen LogP) is 4.74. The van der Waals surface area contributed by atoms with Gasteiger partial charge in [-0.3, -0.25) is 4.79 Å². The average Bonchev–Trinajstić information content (AvgIpc) is 3.39. The average molecular weight is 355 g/mol. The molecule has 1 amide bonds. The minimum absolute atomic E-state index is 0.0769. The smallest absolute Gasteiger partial charge is 0.287 e. The van der Waals surface area contributed by atoms with Crippen molar-refractivity contribution >= 4 is 28.2 Å². The molecule has 1 saturated carbocycles. The molecule has 130 valence electrons. The monoisotopic (exact) mass is 355 g/mol. The summed E-state index contributed by atoms with van der Waals surface area (Å²) in [5.74, 6) is 0.808. The lowest BCUT2D eigenvalue weighted by atomic mass is 9.84. The van der Waals surface area contributed by atoms with Crippen molar-refractivity contribution in [2.75, 3.05) is 13.7 Å². The number of amides is 1. The Labute approximate surface area is 150 Å². The van der Waals surface area contributed by atoms with E-state index in [0.29, 0.717) is 23.6 Å². The van der Waals surface area contributed by atoms with Crippen molar-refractivity contribution in [2.45, 2.75) is 31.1 Å². The molecule has 25 heavy (non-hydrogen) atoms. The number of hydrogen-bond acceptors (Lipinski definition) is 4. The topological polar surface area (TPSA) is 51.5 Å². The lowest BCUT2D eigenvalue weighted by Gasteiger charge is -2.28. The second-order valence-corrected chi connectivity index (χ2v) is 7.58. The zero-order chi connectivity index (χ0) is 17.3. The van der Waals surface area contributed by atoms with E-state index < -0.39 is 0 Å². The van der Waals surface area contributed by atoms with Gasteiger partial charge in [-0.1, -0.05) is 31.0 Å². The van der Waals surface area contributed by atoms with Gasteiger partial charge >= 0.3 is 0 Å². The molecule has 1 aliphatic carbocycles. The predicted molar refractivity (Wildman–Crippen MR) is 99.6 cm³/mol. The van der Waals surface area contributed by atoms with Gasteiger partial charge in [0.1, 0.15) is 0 Å². The highest BCUT2D eigenvalue weighted by Crippen LogP contribution is 2.42. The third-order valence-electron chi connectivity index (χ3n) is 5.14. The van der Waals surface area contributed by atoms with Crippen LogP contribution < -0.4 is 10.1 Å². The van der Waals surface area contributed by atoms with Crippen molar-refractivity contribution in [3.05, 3.63) is 52.4 Å². The number of hydrogen-bond donors (Lipinski definition) is 1. The largest absolute Gasteiger partial charge is 0.493 e. The summed E-state index contributed by atoms with van der Waals surface area (Å²) in [5, 5.41) is 6.09. The first kappa shape index (κ1) is 16.2. The normalized spacial score (nSPS) is 16.2. The molecule has 5 heteroatoms. The van der Waals surface area contributed by atoms with Crippen LogP contribution in [-0.2, 0) is 5.41 Å². The van der Waals surface area contributed by atoms with Crippen LogP contribution in [0.4, 0.5) is 0 Å². The first-order chi connectivity index (χ1) is 12.2. The fourth-order valence-corrected chi connectivity index (χ4v) is 4.78. The van der Waals surface area contributed by atoms with Crippen LogP contribution in [0.2, 0.25) is 0 Å². The molecule has 4 nitrogen and oxygen atoms in total. The maximum absolute atomic E-state index is 12.6. The van der Waals surface area contributed by atoms with Gasteiger partial charge in [-0.05, 0) is 36.4 Å². The molecule has 0 bridgehead atoms. The third kappa shape index (κ3) is 2.93. The number of carbonyl (C=O) groups is 1. The lowest BCUT2D eigenvalue weighted by molar-refractivity contribution is 0.0917. The van der Waals surface area contributed by atoms with Gasteiger partial charge in [-0.15, -0.1) is 11.3 Å². The molecule has 0 radical (unpaired) electrons. The molecule has 0 atom stereocenters. The molecule has 4 rings (SSSR count). The number of benzene rings is 1. The maximum Gasteiger partial charge on any atom is 0.287 e. The molecule has 0 unspecified atom stereocenters. The number of nitrogens with one attached hydrogen (secondary N) is 1. The maximum atomic E-state index is 12.6. The fourth-order valence-electron chi connectivity index (χ4n) is 3.79. The Hall–Kier alpha value is -2.27. The molecule has 2 aromatic heterocycles. The Kier molecular flexibility index (Phi) is 4.25. The first-order valence-electron chi connectivity index (χ1n) is 8.61. The Morgan fingerprint density at radius 3 is 2.84 bits per heavy atom. The number of rotatable bonds is 5. The van der Waals surface area contributed by atoms with E-state index in [1.807, 2.05) is 18.2 Å². The Morgan fingerprint density at radius 1 is 1.28 bits per heavy atom. The highest BCUT2D eigenvalue weighted by molar-refractivity contribution is 7.10. The Morgan fingerprint density at radius 2 is 2.12 bits per heavy atom. The van der Waals surface area contributed by atoms with Gasteiger partial charge in [0.05, 0.1) is 7.11 Å². The summed E-state index contributed by atoms with van der Waals surface area (Å²) in [4.78, 5) is 14.0. The second-order valence-electron chi connectivity index (χ2n) is 6.64. The van der Waals surface area contributed by atoms with E-state index in [2.05, 4.69) is 22.8 Å². The fraction of sp³-hybridized carbons (Fsp3) is 0.350. The lowest BCUT2D eigenvalue weighted by Crippen LogP contribution is -2.38. The number of furan rings is 1. The van der Waals surface area contributed by atoms with Gasteiger partial charge in [0.15, 0.2) is 17.1 Å². The number of fused-ring (bicyclic) bond motifs is 1. The molecule has 0 aliphatic heterocycles. The van der Waals surface area contributed by atoms with E-state index in [1.165, 1.54) is 17.7 Å². The Balaban J connectivity index is 1.54. The van der Waals surface area contributed by atoms with Crippen molar-refractivity contribution < 1.29 is 13.9 Å². The van der Waals surface area contributed by atoms with Gasteiger partial charge in [-0.25, -0.2) is 0 Å². The van der Waals surface area contributed by atoms with E-state index in [-0.39, 0.29) is 11.3 Å². The molecule has 1 aromatic carbocycles. The van der Waals surface area contributed by atoms with Crippen LogP contribution in [-0.4, -0.2) is 19.6 Å². The van der Waals surface area contributed by atoms with Crippen LogP contribution in [0, 0.1) is 0 Å². The quantitative estimate of drug-likeness (QED) is 0.719. The molecule has 1 N–H and O–H groups in total. The van der Waals surface area contributed by atoms with Gasteiger partial charge in [0.25, 0.3) is 5.91 Å². The molecular weight excluding hydrogens is 334 g/mol. The van der Waals surface area contributed by atoms with E-state index in [0.717, 1.165) is 18.2 Å². The third-order valence-corrected chi connectivity index (χ3v) is 6.26. The standard InChI is InChI=1S/C20H21NO3S/c1-23-15-7-4-6-14-12-16(24-18(14)15)19(22)21-13-20(9-2-3-10-20)17-8-5-11-25-17/h4-8,11-12H,2-3,9-10,13H2,1H3,(H,21,22). The highest BCUT2D eigenvalue weighted by Gasteiger charge is 2.37. The molecule has 0 spiro atoms. The molecule has 1 fully saturated rings. The first-order valence-corrected chi connectivity index (χ1v) is 9.49. The summed E-state index contributed by atoms with van der Waals surface area (Å²) >= 11 is 1.78. The summed E-state index contributed by atoms with van der Waals surface area (Å²) in [6, 6.07) is 11.7. The van der Waals surface area contributed by atoms with E-state index in [4.69, 9.17) is 9.15 Å². The van der Waals surface area contributed by atoms with Crippen LogP contribution in [0.3, 0.4) is 0 Å². The van der Waals surface area contributed by atoms with Gasteiger partial charge in [0, 0.05) is 22.2 Å². The van der Waals surface area contributed by atoms with Crippen molar-refractivity contribution in [1.29, 1.82) is 0 Å². The number of carbonyl (C=O) groups excluding carboxylic acids is 1. The minimum atomic E-state index is -0.166. The van der Waals surface area contributed by atoms with E-state index in [9.17, 15) is 4.79 Å². The van der Waals surface area contributed by atoms with Crippen molar-refractivity contribution in [2.24, 2.45) is 0 Å². The summed E-state index contributed by atoms with van der Waals surface area (Å²) < 4.78 is 11.1. The van der Waals surface area contributed by atoms with E-state index >= 15 is 0 Å². The van der Waals surface area contributed by atoms with Crippen molar-refractivity contribution in [1.82, 2.24) is 5.32 Å². The second kappa shape index (κ2) is 6.56. The van der Waals surface area contributed by atoms with Gasteiger partial charge < -0.3 is 14.5 Å². The molecular formula is C20H21NO3S. The van der Waals surface area contributed by atoms with Crippen LogP contribution in [0.1, 0.15) is 41.1 Å². The molecule has 3 aromatic rings. The summed E-state index contributed by atoms with van der Waals surface area (Å²) in [6.45, 7) is 0.653. The number of thiophene rings is 1. The summed E-state index contributed by atoms with van der Waals surface area (Å²) in [5.41, 5.74) is 0.692. The molecule has 0 saturated heterocycles. The van der Waals surface area contributed by atoms with Gasteiger partial charge in [-0.2, -0.15) is 0 Å². The number of ether oxygens (including phenoxy) is 1. The SMILES string of the molecule is COc1cccc2cc(C(=O)NCC3(c4cccs4)CCCC3)oc12. The van der Waals surface area contributed by atoms with Crippen molar-refractivity contribution in [3.63, 3.8) is 0 Å². The van der Waals surface area contributed by atoms with Crippen LogP contribution in [0.15, 0.2) is 46.2 Å². The molecule has 2 heterocycles. The van der Waals surface area contributed by atoms with Crippen molar-refractivity contribution in [3.8, 4) is 5.75 Å². The summed E-state index contributed by atoms with van der Waals surface area (Å²) in [7, 11) is 1.60. The molecule has 1 aliphatic rings. The zero-order valence-corrected chi connectivity index (χ0v) is 15.0. The Bertz CT molecular complexity index is 876.